The number of rotatable bonds is 3. The van der Waals surface area contributed by atoms with Crippen LogP contribution < -0.4 is 0 Å². The van der Waals surface area contributed by atoms with Crippen molar-refractivity contribution in [3.05, 3.63) is 64.4 Å². The molecule has 156 valence electrons. The van der Waals surface area contributed by atoms with Crippen molar-refractivity contribution in [1.82, 2.24) is 24.7 Å². The van der Waals surface area contributed by atoms with Gasteiger partial charge in [-0.2, -0.15) is 23.3 Å². The minimum absolute atomic E-state index is 0.103. The fourth-order valence-corrected chi connectivity index (χ4v) is 3.84. The van der Waals surface area contributed by atoms with E-state index in [0.29, 0.717) is 15.0 Å². The second-order valence-corrected chi connectivity index (χ2v) is 7.66. The van der Waals surface area contributed by atoms with Crippen LogP contribution in [0.5, 0.6) is 0 Å². The van der Waals surface area contributed by atoms with E-state index in [2.05, 4.69) is 20.2 Å². The lowest BCUT2D eigenvalue weighted by Crippen LogP contribution is -2.13. The number of hydrogen-bond acceptors (Lipinski definition) is 6. The van der Waals surface area contributed by atoms with Gasteiger partial charge in [-0.1, -0.05) is 22.8 Å². The maximum Gasteiger partial charge on any atom is 0.433 e. The molecular weight excluding hydrogens is 458 g/mol. The molecule has 0 bridgehead atoms. The number of nitrogens with zero attached hydrogens (tertiary/aromatic N) is 5. The first-order valence-electron chi connectivity index (χ1n) is 8.61. The second kappa shape index (κ2) is 7.13. The lowest BCUT2D eigenvalue weighted by molar-refractivity contribution is -0.142. The van der Waals surface area contributed by atoms with Crippen LogP contribution in [0.2, 0.25) is 5.02 Å². The minimum Gasteiger partial charge on any atom is -0.332 e. The number of hydrogen-bond donors (Lipinski definition) is 0. The summed E-state index contributed by atoms with van der Waals surface area (Å²) in [6, 6.07) is 9.57. The Morgan fingerprint density at radius 1 is 1.06 bits per heavy atom. The summed E-state index contributed by atoms with van der Waals surface area (Å²) in [7, 11) is 0. The maximum atomic E-state index is 13.7. The van der Waals surface area contributed by atoms with Crippen LogP contribution in [0.4, 0.5) is 17.6 Å². The van der Waals surface area contributed by atoms with Gasteiger partial charge in [-0.25, -0.2) is 13.9 Å². The predicted octanol–water partition coefficient (Wildman–Crippen LogP) is 5.99. The Kier molecular flexibility index (Phi) is 4.52. The molecule has 12 heteroatoms. The summed E-state index contributed by atoms with van der Waals surface area (Å²) in [6.45, 7) is 0. The normalized spacial score (nSPS) is 12.0. The number of fused-ring (bicyclic) bond motifs is 1. The summed E-state index contributed by atoms with van der Waals surface area (Å²) in [5, 5.41) is 9.28. The Morgan fingerprint density at radius 3 is 2.52 bits per heavy atom. The highest BCUT2D eigenvalue weighted by molar-refractivity contribution is 7.13. The Labute approximate surface area is 179 Å². The average Bonchev–Trinajstić information content (AvgIpc) is 3.48. The molecule has 6 nitrogen and oxygen atoms in total. The first kappa shape index (κ1) is 19.6. The van der Waals surface area contributed by atoms with Crippen LogP contribution in [0.15, 0.2) is 52.4 Å². The number of benzene rings is 1. The smallest absolute Gasteiger partial charge is 0.332 e. The summed E-state index contributed by atoms with van der Waals surface area (Å²) in [4.78, 5) is 8.94. The maximum absolute atomic E-state index is 13.7. The van der Waals surface area contributed by atoms with E-state index in [1.165, 1.54) is 35.6 Å². The van der Waals surface area contributed by atoms with Crippen LogP contribution in [0.25, 0.3) is 39.2 Å². The van der Waals surface area contributed by atoms with Gasteiger partial charge in [0.05, 0.1) is 10.6 Å². The monoisotopic (exact) mass is 465 g/mol. The molecule has 1 aromatic carbocycles. The van der Waals surface area contributed by atoms with E-state index in [4.69, 9.17) is 16.1 Å². The summed E-state index contributed by atoms with van der Waals surface area (Å²) in [5.74, 6) is -0.532. The van der Waals surface area contributed by atoms with Crippen molar-refractivity contribution in [3.63, 3.8) is 0 Å². The SMILES string of the molecule is Fc1ccc(-c2noc(-c3nn4c(C(F)(F)F)cc(-c5cccs5)nc4c3Cl)n2)cc1. The highest BCUT2D eigenvalue weighted by Gasteiger charge is 2.37. The Morgan fingerprint density at radius 2 is 1.84 bits per heavy atom. The van der Waals surface area contributed by atoms with Gasteiger partial charge in [0, 0.05) is 5.56 Å². The molecule has 0 aliphatic rings. The number of halogens is 5. The zero-order valence-corrected chi connectivity index (χ0v) is 16.6. The van der Waals surface area contributed by atoms with Gasteiger partial charge in [0.2, 0.25) is 5.82 Å². The molecule has 0 N–H and O–H groups in total. The molecule has 0 aliphatic carbocycles. The molecule has 4 aromatic heterocycles. The van der Waals surface area contributed by atoms with Crippen LogP contribution in [0.1, 0.15) is 5.69 Å². The van der Waals surface area contributed by atoms with Gasteiger partial charge in [0.25, 0.3) is 5.89 Å². The summed E-state index contributed by atoms with van der Waals surface area (Å²) in [5.41, 5.74) is -0.835. The summed E-state index contributed by atoms with van der Waals surface area (Å²) in [6.07, 6.45) is -4.71. The van der Waals surface area contributed by atoms with Crippen molar-refractivity contribution >= 4 is 28.6 Å². The number of aromatic nitrogens is 5. The zero-order chi connectivity index (χ0) is 21.8. The first-order chi connectivity index (χ1) is 14.8. The van der Waals surface area contributed by atoms with Gasteiger partial charge >= 0.3 is 6.18 Å². The van der Waals surface area contributed by atoms with Gasteiger partial charge in [0.15, 0.2) is 17.0 Å². The molecule has 0 aliphatic heterocycles. The van der Waals surface area contributed by atoms with Crippen LogP contribution in [-0.2, 0) is 6.18 Å². The van der Waals surface area contributed by atoms with Crippen molar-refractivity contribution < 1.29 is 22.1 Å². The average molecular weight is 466 g/mol. The van der Waals surface area contributed by atoms with Gasteiger partial charge in [-0.3, -0.25) is 0 Å². The van der Waals surface area contributed by atoms with Crippen molar-refractivity contribution in [2.75, 3.05) is 0 Å². The van der Waals surface area contributed by atoms with E-state index in [9.17, 15) is 17.6 Å². The molecule has 31 heavy (non-hydrogen) atoms. The molecule has 5 aromatic rings. The molecule has 5 rings (SSSR count). The number of thiophene rings is 1. The topological polar surface area (TPSA) is 69.1 Å². The Hall–Kier alpha value is -3.31. The van der Waals surface area contributed by atoms with Crippen molar-refractivity contribution in [1.29, 1.82) is 0 Å². The lowest BCUT2D eigenvalue weighted by Gasteiger charge is -2.10. The molecule has 0 saturated heterocycles. The third-order valence-corrected chi connectivity index (χ3v) is 5.57. The largest absolute Gasteiger partial charge is 0.433 e. The van der Waals surface area contributed by atoms with E-state index in [1.54, 1.807) is 17.5 Å². The highest BCUT2D eigenvalue weighted by atomic mass is 35.5. The van der Waals surface area contributed by atoms with Crippen LogP contribution in [0.3, 0.4) is 0 Å². The quantitative estimate of drug-likeness (QED) is 0.306. The number of alkyl halides is 3. The van der Waals surface area contributed by atoms with Gasteiger partial charge in [-0.15, -0.1) is 11.3 Å². The van der Waals surface area contributed by atoms with Gasteiger partial charge in [-0.05, 0) is 41.8 Å². The van der Waals surface area contributed by atoms with E-state index in [-0.39, 0.29) is 33.8 Å². The van der Waals surface area contributed by atoms with Crippen molar-refractivity contribution in [3.8, 4) is 33.5 Å². The minimum atomic E-state index is -4.71. The fourth-order valence-electron chi connectivity index (χ4n) is 2.92. The van der Waals surface area contributed by atoms with E-state index in [0.717, 1.165) is 6.07 Å². The molecule has 0 radical (unpaired) electrons. The van der Waals surface area contributed by atoms with Crippen LogP contribution in [0, 0.1) is 5.82 Å². The van der Waals surface area contributed by atoms with E-state index in [1.807, 2.05) is 0 Å². The van der Waals surface area contributed by atoms with Crippen molar-refractivity contribution in [2.24, 2.45) is 0 Å². The molecule has 0 saturated carbocycles. The predicted molar refractivity (Wildman–Crippen MR) is 105 cm³/mol. The molecule has 0 amide bonds. The Balaban J connectivity index is 1.67. The Bertz CT molecular complexity index is 1390. The summed E-state index contributed by atoms with van der Waals surface area (Å²) < 4.78 is 60.1. The molecule has 4 heterocycles. The first-order valence-corrected chi connectivity index (χ1v) is 9.87. The second-order valence-electron chi connectivity index (χ2n) is 6.33. The molecule has 0 atom stereocenters. The van der Waals surface area contributed by atoms with Gasteiger partial charge in [0.1, 0.15) is 10.8 Å². The highest BCUT2D eigenvalue weighted by Crippen LogP contribution is 2.37. The third-order valence-electron chi connectivity index (χ3n) is 4.33. The third kappa shape index (κ3) is 3.45. The van der Waals surface area contributed by atoms with Crippen molar-refractivity contribution in [2.45, 2.75) is 6.18 Å². The molecule has 0 fully saturated rings. The standard InChI is InChI=1S/C19H8ClF4N5OS/c20-14-15(18-26-16(28-30-18)9-3-5-10(21)6-4-9)27-29-13(19(22,23)24)8-11(25-17(14)29)12-2-1-7-31-12/h1-8H. The van der Waals surface area contributed by atoms with Crippen LogP contribution >= 0.6 is 22.9 Å². The summed E-state index contributed by atoms with van der Waals surface area (Å²) >= 11 is 7.58. The molecule has 0 unspecified atom stereocenters. The molecular formula is C19H8ClF4N5OS. The van der Waals surface area contributed by atoms with Crippen LogP contribution in [-0.4, -0.2) is 24.7 Å². The lowest BCUT2D eigenvalue weighted by atomic mass is 10.2. The van der Waals surface area contributed by atoms with E-state index >= 15 is 0 Å². The van der Waals surface area contributed by atoms with E-state index < -0.39 is 17.7 Å². The fraction of sp³-hybridized carbons (Fsp3) is 0.0526. The molecule has 0 spiro atoms. The van der Waals surface area contributed by atoms with Gasteiger partial charge < -0.3 is 4.52 Å². The zero-order valence-electron chi connectivity index (χ0n) is 15.1.